The van der Waals surface area contributed by atoms with E-state index < -0.39 is 18.5 Å². The lowest BCUT2D eigenvalue weighted by atomic mass is 9.98. The van der Waals surface area contributed by atoms with Crippen LogP contribution in [0.1, 0.15) is 32.7 Å². The van der Waals surface area contributed by atoms with Crippen LogP contribution in [-0.2, 0) is 9.53 Å². The number of fused-ring (bicyclic) bond motifs is 1. The van der Waals surface area contributed by atoms with Crippen molar-refractivity contribution in [2.45, 2.75) is 6.42 Å². The third-order valence-electron chi connectivity index (χ3n) is 4.51. The van der Waals surface area contributed by atoms with Crippen LogP contribution in [-0.4, -0.2) is 56.0 Å². The van der Waals surface area contributed by atoms with Crippen LogP contribution in [0.3, 0.4) is 0 Å². The largest absolute Gasteiger partial charge is 0.486 e. The van der Waals surface area contributed by atoms with Crippen molar-refractivity contribution in [2.24, 2.45) is 0 Å². The number of likely N-dealkylation sites (N-methyl/N-ethyl adjacent to an activating group) is 1. The predicted molar refractivity (Wildman–Crippen MR) is 105 cm³/mol. The van der Waals surface area contributed by atoms with Crippen molar-refractivity contribution in [1.82, 2.24) is 4.90 Å². The Morgan fingerprint density at radius 1 is 1.07 bits per heavy atom. The Bertz CT molecular complexity index is 1010. The fraction of sp³-hybridized carbons (Fsp3) is 0.273. The Balaban J connectivity index is 1.74. The van der Waals surface area contributed by atoms with Crippen LogP contribution in [0.15, 0.2) is 42.5 Å². The van der Waals surface area contributed by atoms with Gasteiger partial charge in [-0.25, -0.2) is 4.79 Å². The standard InChI is InChI=1S/C22H20N2O6/c1-24(10-4-9-23)20(25)14-30-22(27)17-6-3-2-5-16(17)21(26)15-7-8-18-19(13-15)29-12-11-28-18/h2-3,5-8,13H,4,10-12,14H2,1H3. The molecule has 0 radical (unpaired) electrons. The molecular weight excluding hydrogens is 388 g/mol. The van der Waals surface area contributed by atoms with Gasteiger partial charge in [-0.15, -0.1) is 0 Å². The van der Waals surface area contributed by atoms with Gasteiger partial charge in [-0.05, 0) is 24.3 Å². The van der Waals surface area contributed by atoms with E-state index >= 15 is 0 Å². The Labute approximate surface area is 173 Å². The smallest absolute Gasteiger partial charge is 0.339 e. The number of carbonyl (C=O) groups excluding carboxylic acids is 3. The first-order valence-corrected chi connectivity index (χ1v) is 9.32. The molecule has 1 aliphatic rings. The van der Waals surface area contributed by atoms with E-state index in [4.69, 9.17) is 19.5 Å². The molecule has 154 valence electrons. The number of carbonyl (C=O) groups is 3. The van der Waals surface area contributed by atoms with Gasteiger partial charge in [0.15, 0.2) is 23.9 Å². The van der Waals surface area contributed by atoms with E-state index in [-0.39, 0.29) is 29.9 Å². The number of nitrogens with zero attached hydrogens (tertiary/aromatic N) is 2. The molecule has 30 heavy (non-hydrogen) atoms. The van der Waals surface area contributed by atoms with Gasteiger partial charge in [0.1, 0.15) is 13.2 Å². The lowest BCUT2D eigenvalue weighted by Crippen LogP contribution is -2.32. The van der Waals surface area contributed by atoms with Crippen LogP contribution in [0, 0.1) is 11.3 Å². The molecule has 0 bridgehead atoms. The highest BCUT2D eigenvalue weighted by molar-refractivity contribution is 6.14. The third-order valence-corrected chi connectivity index (χ3v) is 4.51. The number of ketones is 1. The van der Waals surface area contributed by atoms with Crippen molar-refractivity contribution >= 4 is 17.7 Å². The molecule has 0 fully saturated rings. The van der Waals surface area contributed by atoms with Crippen molar-refractivity contribution in [1.29, 1.82) is 5.26 Å². The van der Waals surface area contributed by atoms with Gasteiger partial charge in [0, 0.05) is 24.7 Å². The zero-order valence-electron chi connectivity index (χ0n) is 16.4. The lowest BCUT2D eigenvalue weighted by molar-refractivity contribution is -0.133. The molecular formula is C22H20N2O6. The van der Waals surface area contributed by atoms with Crippen molar-refractivity contribution in [3.63, 3.8) is 0 Å². The third kappa shape index (κ3) is 4.75. The zero-order chi connectivity index (χ0) is 21.5. The Kier molecular flexibility index (Phi) is 6.65. The SMILES string of the molecule is CN(CCC#N)C(=O)COC(=O)c1ccccc1C(=O)c1ccc2c(c1)OCCO2. The second kappa shape index (κ2) is 9.56. The van der Waals surface area contributed by atoms with Gasteiger partial charge in [0.25, 0.3) is 5.91 Å². The maximum atomic E-state index is 13.0. The number of hydrogen-bond donors (Lipinski definition) is 0. The van der Waals surface area contributed by atoms with E-state index in [0.717, 1.165) is 0 Å². The monoisotopic (exact) mass is 408 g/mol. The fourth-order valence-electron chi connectivity index (χ4n) is 2.86. The summed E-state index contributed by atoms with van der Waals surface area (Å²) in [6.07, 6.45) is 0.184. The van der Waals surface area contributed by atoms with Crippen molar-refractivity contribution in [2.75, 3.05) is 33.4 Å². The van der Waals surface area contributed by atoms with Crippen LogP contribution < -0.4 is 9.47 Å². The number of amides is 1. The van der Waals surface area contributed by atoms with E-state index in [9.17, 15) is 14.4 Å². The second-order valence-corrected chi connectivity index (χ2v) is 6.53. The molecule has 8 heteroatoms. The van der Waals surface area contributed by atoms with Crippen LogP contribution in [0.4, 0.5) is 0 Å². The Morgan fingerprint density at radius 3 is 2.50 bits per heavy atom. The normalized spacial score (nSPS) is 11.9. The molecule has 0 spiro atoms. The van der Waals surface area contributed by atoms with Gasteiger partial charge in [-0.3, -0.25) is 9.59 Å². The summed E-state index contributed by atoms with van der Waals surface area (Å²) in [7, 11) is 1.52. The molecule has 0 aliphatic carbocycles. The number of esters is 1. The molecule has 0 saturated heterocycles. The van der Waals surface area contributed by atoms with E-state index in [2.05, 4.69) is 0 Å². The highest BCUT2D eigenvalue weighted by atomic mass is 16.6. The quantitative estimate of drug-likeness (QED) is 0.511. The van der Waals surface area contributed by atoms with Gasteiger partial charge in [0.2, 0.25) is 0 Å². The minimum atomic E-state index is -0.779. The summed E-state index contributed by atoms with van der Waals surface area (Å²) in [6.45, 7) is 0.600. The van der Waals surface area contributed by atoms with E-state index in [1.165, 1.54) is 24.1 Å². The highest BCUT2D eigenvalue weighted by Crippen LogP contribution is 2.31. The molecule has 0 aromatic heterocycles. The fourth-order valence-corrected chi connectivity index (χ4v) is 2.86. The van der Waals surface area contributed by atoms with Gasteiger partial charge in [-0.2, -0.15) is 5.26 Å². The second-order valence-electron chi connectivity index (χ2n) is 6.53. The van der Waals surface area contributed by atoms with Crippen LogP contribution in [0.25, 0.3) is 0 Å². The molecule has 2 aromatic rings. The van der Waals surface area contributed by atoms with Crippen LogP contribution in [0.5, 0.6) is 11.5 Å². The summed E-state index contributed by atoms with van der Waals surface area (Å²) in [5.74, 6) is -0.563. The number of nitriles is 1. The van der Waals surface area contributed by atoms with E-state index in [1.807, 2.05) is 6.07 Å². The van der Waals surface area contributed by atoms with Gasteiger partial charge < -0.3 is 19.1 Å². The summed E-state index contributed by atoms with van der Waals surface area (Å²) in [5, 5.41) is 8.59. The number of rotatable bonds is 7. The number of hydrogen-bond acceptors (Lipinski definition) is 7. The predicted octanol–water partition coefficient (Wildman–Crippen LogP) is 2.22. The maximum Gasteiger partial charge on any atom is 0.339 e. The van der Waals surface area contributed by atoms with Gasteiger partial charge in [0.05, 0.1) is 18.1 Å². The molecule has 1 amide bonds. The summed E-state index contributed by atoms with van der Waals surface area (Å²) < 4.78 is 16.1. The van der Waals surface area contributed by atoms with Crippen molar-refractivity contribution < 1.29 is 28.6 Å². The van der Waals surface area contributed by atoms with Crippen LogP contribution in [0.2, 0.25) is 0 Å². The Hall–Kier alpha value is -3.86. The van der Waals surface area contributed by atoms with E-state index in [0.29, 0.717) is 30.3 Å². The zero-order valence-corrected chi connectivity index (χ0v) is 16.4. The first-order valence-electron chi connectivity index (χ1n) is 9.32. The molecule has 3 rings (SSSR count). The molecule has 1 aliphatic heterocycles. The first-order chi connectivity index (χ1) is 14.5. The van der Waals surface area contributed by atoms with Crippen molar-refractivity contribution in [3.05, 3.63) is 59.2 Å². The topological polar surface area (TPSA) is 106 Å². The first kappa shape index (κ1) is 20.9. The molecule has 8 nitrogen and oxygen atoms in total. The van der Waals surface area contributed by atoms with Crippen LogP contribution >= 0.6 is 0 Å². The summed E-state index contributed by atoms with van der Waals surface area (Å²) in [4.78, 5) is 38.9. The molecule has 1 heterocycles. The number of ether oxygens (including phenoxy) is 3. The maximum absolute atomic E-state index is 13.0. The van der Waals surface area contributed by atoms with Gasteiger partial charge in [-0.1, -0.05) is 18.2 Å². The lowest BCUT2D eigenvalue weighted by Gasteiger charge is -2.19. The van der Waals surface area contributed by atoms with Gasteiger partial charge >= 0.3 is 5.97 Å². The summed E-state index contributed by atoms with van der Waals surface area (Å²) >= 11 is 0. The minimum Gasteiger partial charge on any atom is -0.486 e. The average Bonchev–Trinajstić information content (AvgIpc) is 2.79. The molecule has 0 N–H and O–H groups in total. The minimum absolute atomic E-state index is 0.0601. The number of benzene rings is 2. The molecule has 0 saturated carbocycles. The Morgan fingerprint density at radius 2 is 1.77 bits per heavy atom. The molecule has 0 atom stereocenters. The average molecular weight is 408 g/mol. The molecule has 0 unspecified atom stereocenters. The highest BCUT2D eigenvalue weighted by Gasteiger charge is 2.22. The summed E-state index contributed by atoms with van der Waals surface area (Å²) in [6, 6.07) is 13.0. The molecule has 2 aromatic carbocycles. The van der Waals surface area contributed by atoms with Crippen molar-refractivity contribution in [3.8, 4) is 17.6 Å². The van der Waals surface area contributed by atoms with E-state index in [1.54, 1.807) is 30.3 Å². The summed E-state index contributed by atoms with van der Waals surface area (Å²) in [5.41, 5.74) is 0.557.